The first-order valence-electron chi connectivity index (χ1n) is 5.34. The first-order valence-corrected chi connectivity index (χ1v) is 5.34. The molecule has 0 bridgehead atoms. The zero-order valence-corrected chi connectivity index (χ0v) is 14.7. The minimum Gasteiger partial charge on any atom is -0.662 e. The van der Waals surface area contributed by atoms with E-state index < -0.39 is 0 Å². The third-order valence-electron chi connectivity index (χ3n) is 3.15. The standard InChI is InChI=1S/C10H19N2.2Y/c1-2-8-12(9-3-1)10-4-6-11-7-5-10;;/h10H,1-9H2;;/q-1;;. The summed E-state index contributed by atoms with van der Waals surface area (Å²) < 4.78 is 0. The Morgan fingerprint density at radius 2 is 1.43 bits per heavy atom. The maximum atomic E-state index is 4.40. The van der Waals surface area contributed by atoms with Crippen LogP contribution < -0.4 is 0 Å². The van der Waals surface area contributed by atoms with Crippen molar-refractivity contribution in [2.75, 3.05) is 26.2 Å². The van der Waals surface area contributed by atoms with Crippen LogP contribution in [0.25, 0.3) is 5.32 Å². The Kier molecular flexibility index (Phi) is 10.6. The van der Waals surface area contributed by atoms with E-state index in [0.29, 0.717) is 0 Å². The molecule has 2 radical (unpaired) electrons. The molecule has 2 heterocycles. The van der Waals surface area contributed by atoms with Crippen molar-refractivity contribution in [3.63, 3.8) is 0 Å². The second-order valence-electron chi connectivity index (χ2n) is 4.00. The molecule has 0 aromatic heterocycles. The molecule has 2 rings (SSSR count). The summed E-state index contributed by atoms with van der Waals surface area (Å²) >= 11 is 0. The van der Waals surface area contributed by atoms with E-state index in [-0.39, 0.29) is 65.4 Å². The number of likely N-dealkylation sites (tertiary alicyclic amines) is 1. The zero-order chi connectivity index (χ0) is 8.23. The second kappa shape index (κ2) is 9.19. The molecular formula is C10H19N2Y2-. The van der Waals surface area contributed by atoms with Crippen LogP contribution in [-0.4, -0.2) is 37.1 Å². The van der Waals surface area contributed by atoms with Crippen molar-refractivity contribution in [3.8, 4) is 0 Å². The molecule has 0 aliphatic carbocycles. The van der Waals surface area contributed by atoms with E-state index in [1.54, 1.807) is 0 Å². The summed E-state index contributed by atoms with van der Waals surface area (Å²) in [6.07, 6.45) is 6.94. The summed E-state index contributed by atoms with van der Waals surface area (Å²) in [6, 6.07) is 0.878. The quantitative estimate of drug-likeness (QED) is 0.711. The fraction of sp³-hybridized carbons (Fsp3) is 1.00. The zero-order valence-electron chi connectivity index (χ0n) is 8.99. The fourth-order valence-electron chi connectivity index (χ4n) is 2.39. The van der Waals surface area contributed by atoms with Crippen molar-refractivity contribution in [1.29, 1.82) is 0 Å². The van der Waals surface area contributed by atoms with Crippen LogP contribution in [-0.2, 0) is 65.4 Å². The Balaban J connectivity index is 0.000000845. The molecule has 2 fully saturated rings. The van der Waals surface area contributed by atoms with Gasteiger partial charge in [0, 0.05) is 71.5 Å². The predicted molar refractivity (Wildman–Crippen MR) is 51.5 cm³/mol. The van der Waals surface area contributed by atoms with Crippen LogP contribution in [0, 0.1) is 0 Å². The van der Waals surface area contributed by atoms with Crippen LogP contribution in [0.2, 0.25) is 0 Å². The fourth-order valence-corrected chi connectivity index (χ4v) is 2.39. The van der Waals surface area contributed by atoms with E-state index in [4.69, 9.17) is 0 Å². The molecule has 0 atom stereocenters. The summed E-state index contributed by atoms with van der Waals surface area (Å²) in [6.45, 7) is 4.93. The molecule has 2 aliphatic heterocycles. The van der Waals surface area contributed by atoms with Crippen molar-refractivity contribution in [2.24, 2.45) is 0 Å². The number of nitrogens with zero attached hydrogens (tertiary/aromatic N) is 2. The summed E-state index contributed by atoms with van der Waals surface area (Å²) in [7, 11) is 0. The molecule has 14 heavy (non-hydrogen) atoms. The van der Waals surface area contributed by atoms with Gasteiger partial charge in [-0.1, -0.05) is 19.3 Å². The monoisotopic (exact) mass is 345 g/mol. The van der Waals surface area contributed by atoms with E-state index in [2.05, 4.69) is 10.2 Å². The van der Waals surface area contributed by atoms with E-state index in [0.717, 1.165) is 19.1 Å². The molecule has 0 amide bonds. The summed E-state index contributed by atoms with van der Waals surface area (Å²) in [4.78, 5) is 2.69. The van der Waals surface area contributed by atoms with Gasteiger partial charge in [0.1, 0.15) is 0 Å². The Hall–Kier alpha value is 2.13. The van der Waals surface area contributed by atoms with Crippen molar-refractivity contribution < 1.29 is 65.4 Å². The Morgan fingerprint density at radius 3 is 2.00 bits per heavy atom. The van der Waals surface area contributed by atoms with E-state index in [1.165, 1.54) is 45.2 Å². The van der Waals surface area contributed by atoms with Crippen LogP contribution in [0.5, 0.6) is 0 Å². The first kappa shape index (κ1) is 16.1. The Morgan fingerprint density at radius 1 is 0.857 bits per heavy atom. The smallest absolute Gasteiger partial charge is 0.00624 e. The summed E-state index contributed by atoms with van der Waals surface area (Å²) in [5.41, 5.74) is 0. The maximum absolute atomic E-state index is 4.40. The summed E-state index contributed by atoms with van der Waals surface area (Å²) in [5.74, 6) is 0. The Bertz CT molecular complexity index is 116. The van der Waals surface area contributed by atoms with Gasteiger partial charge in [-0.05, 0) is 25.9 Å². The molecule has 0 aromatic carbocycles. The molecule has 2 saturated heterocycles. The number of piperidine rings is 2. The molecule has 0 N–H and O–H groups in total. The normalized spacial score (nSPS) is 24.9. The van der Waals surface area contributed by atoms with Gasteiger partial charge in [-0.15, -0.1) is 13.1 Å². The third kappa shape index (κ3) is 4.97. The SMILES string of the molecule is C1CCN(C2CC[N-]CC2)CC1.[Y].[Y]. The van der Waals surface area contributed by atoms with Gasteiger partial charge in [-0.25, -0.2) is 0 Å². The third-order valence-corrected chi connectivity index (χ3v) is 3.15. The van der Waals surface area contributed by atoms with Gasteiger partial charge in [0.2, 0.25) is 0 Å². The molecule has 0 saturated carbocycles. The molecule has 0 spiro atoms. The average Bonchev–Trinajstić information content (AvgIpc) is 2.21. The van der Waals surface area contributed by atoms with Crippen LogP contribution >= 0.6 is 0 Å². The van der Waals surface area contributed by atoms with Crippen LogP contribution in [0.15, 0.2) is 0 Å². The number of hydrogen-bond acceptors (Lipinski definition) is 1. The second-order valence-corrected chi connectivity index (χ2v) is 4.00. The minimum absolute atomic E-state index is 0. The van der Waals surface area contributed by atoms with Crippen molar-refractivity contribution in [2.45, 2.75) is 38.1 Å². The molecule has 0 aromatic rings. The largest absolute Gasteiger partial charge is 0.662 e. The average molecular weight is 345 g/mol. The van der Waals surface area contributed by atoms with Gasteiger partial charge in [0.05, 0.1) is 0 Å². The molecular weight excluding hydrogens is 326 g/mol. The van der Waals surface area contributed by atoms with Crippen LogP contribution in [0.1, 0.15) is 32.1 Å². The van der Waals surface area contributed by atoms with E-state index >= 15 is 0 Å². The summed E-state index contributed by atoms with van der Waals surface area (Å²) in [5, 5.41) is 4.40. The Labute approximate surface area is 138 Å². The predicted octanol–water partition coefficient (Wildman–Crippen LogP) is 2.00. The number of hydrogen-bond donors (Lipinski definition) is 0. The van der Waals surface area contributed by atoms with E-state index in [1.807, 2.05) is 0 Å². The van der Waals surface area contributed by atoms with Crippen molar-refractivity contribution in [1.82, 2.24) is 4.90 Å². The maximum Gasteiger partial charge on any atom is 0.00624 e. The van der Waals surface area contributed by atoms with Gasteiger partial charge < -0.3 is 10.2 Å². The first-order chi connectivity index (χ1) is 5.97. The van der Waals surface area contributed by atoms with Gasteiger partial charge in [0.25, 0.3) is 0 Å². The molecule has 4 heteroatoms. The van der Waals surface area contributed by atoms with Gasteiger partial charge in [-0.3, -0.25) is 0 Å². The van der Waals surface area contributed by atoms with Crippen molar-refractivity contribution in [3.05, 3.63) is 5.32 Å². The van der Waals surface area contributed by atoms with Gasteiger partial charge in [0.15, 0.2) is 0 Å². The van der Waals surface area contributed by atoms with Crippen molar-refractivity contribution >= 4 is 0 Å². The van der Waals surface area contributed by atoms with E-state index in [9.17, 15) is 0 Å². The number of rotatable bonds is 1. The topological polar surface area (TPSA) is 17.3 Å². The molecule has 76 valence electrons. The molecule has 0 unspecified atom stereocenters. The molecule has 2 nitrogen and oxygen atoms in total. The van der Waals surface area contributed by atoms with Gasteiger partial charge in [-0.2, -0.15) is 0 Å². The van der Waals surface area contributed by atoms with Crippen LogP contribution in [0.4, 0.5) is 0 Å². The minimum atomic E-state index is 0. The van der Waals surface area contributed by atoms with Gasteiger partial charge >= 0.3 is 0 Å². The molecule has 2 aliphatic rings. The van der Waals surface area contributed by atoms with Crippen LogP contribution in [0.3, 0.4) is 0 Å².